The first-order chi connectivity index (χ1) is 10.1. The van der Waals surface area contributed by atoms with Crippen molar-refractivity contribution in [3.63, 3.8) is 0 Å². The third-order valence-electron chi connectivity index (χ3n) is 3.58. The zero-order valence-corrected chi connectivity index (χ0v) is 13.5. The van der Waals surface area contributed by atoms with Crippen LogP contribution in [0.4, 0.5) is 5.82 Å². The second kappa shape index (κ2) is 8.29. The van der Waals surface area contributed by atoms with Crippen LogP contribution in [0.2, 0.25) is 0 Å². The average molecular weight is 292 g/mol. The van der Waals surface area contributed by atoms with E-state index in [9.17, 15) is 0 Å². The molecule has 0 aliphatic heterocycles. The lowest BCUT2D eigenvalue weighted by molar-refractivity contribution is 0.130. The Morgan fingerprint density at radius 3 is 2.76 bits per heavy atom. The second-order valence-electron chi connectivity index (χ2n) is 6.35. The van der Waals surface area contributed by atoms with Gasteiger partial charge in [0.05, 0.1) is 12.3 Å². The molecule has 0 unspecified atom stereocenters. The van der Waals surface area contributed by atoms with E-state index in [1.807, 2.05) is 19.2 Å². The van der Waals surface area contributed by atoms with Gasteiger partial charge in [-0.3, -0.25) is 0 Å². The Morgan fingerprint density at radius 2 is 2.14 bits per heavy atom. The molecule has 0 saturated heterocycles. The number of rotatable bonds is 10. The van der Waals surface area contributed by atoms with Crippen molar-refractivity contribution in [2.24, 2.45) is 11.8 Å². The Bertz CT molecular complexity index is 403. The molecule has 118 valence electrons. The molecule has 5 heteroatoms. The van der Waals surface area contributed by atoms with Crippen molar-refractivity contribution in [1.82, 2.24) is 15.5 Å². The summed E-state index contributed by atoms with van der Waals surface area (Å²) < 4.78 is 5.65. The summed E-state index contributed by atoms with van der Waals surface area (Å²) in [5, 5.41) is 11.9. The minimum absolute atomic E-state index is 0.652. The highest BCUT2D eigenvalue weighted by Crippen LogP contribution is 2.28. The van der Waals surface area contributed by atoms with Gasteiger partial charge in [-0.1, -0.05) is 13.8 Å². The number of hydrogen-bond donors (Lipinski definition) is 1. The maximum absolute atomic E-state index is 5.65. The quantitative estimate of drug-likeness (QED) is 0.669. The molecule has 0 aromatic carbocycles. The number of aromatic nitrogens is 2. The van der Waals surface area contributed by atoms with Crippen LogP contribution in [0.15, 0.2) is 12.1 Å². The maximum Gasteiger partial charge on any atom is 0.151 e. The average Bonchev–Trinajstić information content (AvgIpc) is 3.28. The SMILES string of the molecule is CC(C)CNCc1ccc(N(C)CCOCC2CC2)nn1. The molecule has 0 bridgehead atoms. The topological polar surface area (TPSA) is 50.3 Å². The first-order valence-electron chi connectivity index (χ1n) is 7.97. The van der Waals surface area contributed by atoms with Crippen LogP contribution in [0.25, 0.3) is 0 Å². The van der Waals surface area contributed by atoms with Crippen LogP contribution in [0.1, 0.15) is 32.4 Å². The van der Waals surface area contributed by atoms with Crippen molar-refractivity contribution in [3.05, 3.63) is 17.8 Å². The largest absolute Gasteiger partial charge is 0.379 e. The molecule has 1 aliphatic rings. The lowest BCUT2D eigenvalue weighted by Crippen LogP contribution is -2.24. The van der Waals surface area contributed by atoms with Crippen LogP contribution in [0, 0.1) is 11.8 Å². The number of hydrogen-bond acceptors (Lipinski definition) is 5. The fraction of sp³-hybridized carbons (Fsp3) is 0.750. The summed E-state index contributed by atoms with van der Waals surface area (Å²) in [5.41, 5.74) is 0.984. The number of likely N-dealkylation sites (N-methyl/N-ethyl adjacent to an activating group) is 1. The van der Waals surface area contributed by atoms with E-state index in [4.69, 9.17) is 4.74 Å². The molecule has 0 atom stereocenters. The third kappa shape index (κ3) is 6.40. The van der Waals surface area contributed by atoms with Crippen molar-refractivity contribution in [3.8, 4) is 0 Å². The number of nitrogens with zero attached hydrogens (tertiary/aromatic N) is 3. The van der Waals surface area contributed by atoms with Gasteiger partial charge in [0, 0.05) is 26.7 Å². The third-order valence-corrected chi connectivity index (χ3v) is 3.58. The Morgan fingerprint density at radius 1 is 1.33 bits per heavy atom. The van der Waals surface area contributed by atoms with Crippen LogP contribution in [-0.4, -0.2) is 43.5 Å². The molecule has 5 nitrogen and oxygen atoms in total. The summed E-state index contributed by atoms with van der Waals surface area (Å²) >= 11 is 0. The molecule has 0 radical (unpaired) electrons. The molecule has 1 heterocycles. The summed E-state index contributed by atoms with van der Waals surface area (Å²) in [7, 11) is 2.03. The van der Waals surface area contributed by atoms with Crippen LogP contribution >= 0.6 is 0 Å². The molecule has 2 rings (SSSR count). The van der Waals surface area contributed by atoms with Crippen LogP contribution in [0.5, 0.6) is 0 Å². The predicted molar refractivity (Wildman–Crippen MR) is 85.4 cm³/mol. The van der Waals surface area contributed by atoms with Gasteiger partial charge in [-0.25, -0.2) is 0 Å². The minimum Gasteiger partial charge on any atom is -0.379 e. The molecule has 0 spiro atoms. The highest BCUT2D eigenvalue weighted by Gasteiger charge is 2.20. The molecule has 1 N–H and O–H groups in total. The first-order valence-corrected chi connectivity index (χ1v) is 7.97. The van der Waals surface area contributed by atoms with Gasteiger partial charge in [0.2, 0.25) is 0 Å². The molecule has 1 aromatic rings. The molecule has 1 aliphatic carbocycles. The van der Waals surface area contributed by atoms with Gasteiger partial charge >= 0.3 is 0 Å². The summed E-state index contributed by atoms with van der Waals surface area (Å²) in [6.07, 6.45) is 2.68. The van der Waals surface area contributed by atoms with Gasteiger partial charge in [0.25, 0.3) is 0 Å². The maximum atomic E-state index is 5.65. The van der Waals surface area contributed by atoms with E-state index >= 15 is 0 Å². The van der Waals surface area contributed by atoms with E-state index in [2.05, 4.69) is 34.3 Å². The summed E-state index contributed by atoms with van der Waals surface area (Å²) in [6.45, 7) is 8.70. The normalized spacial score (nSPS) is 14.7. The highest BCUT2D eigenvalue weighted by atomic mass is 16.5. The zero-order chi connectivity index (χ0) is 15.1. The lowest BCUT2D eigenvalue weighted by Gasteiger charge is -2.17. The van der Waals surface area contributed by atoms with E-state index in [0.29, 0.717) is 5.92 Å². The van der Waals surface area contributed by atoms with Crippen LogP contribution in [-0.2, 0) is 11.3 Å². The number of ether oxygens (including phenoxy) is 1. The van der Waals surface area contributed by atoms with Crippen molar-refractivity contribution < 1.29 is 4.74 Å². The molecular weight excluding hydrogens is 264 g/mol. The van der Waals surface area contributed by atoms with Gasteiger partial charge in [-0.15, -0.1) is 5.10 Å². The van der Waals surface area contributed by atoms with E-state index in [0.717, 1.165) is 50.3 Å². The number of anilines is 1. The Labute approximate surface area is 128 Å². The zero-order valence-electron chi connectivity index (χ0n) is 13.5. The highest BCUT2D eigenvalue weighted by molar-refractivity contribution is 5.35. The van der Waals surface area contributed by atoms with Crippen molar-refractivity contribution in [2.75, 3.05) is 38.3 Å². The minimum atomic E-state index is 0.652. The van der Waals surface area contributed by atoms with E-state index < -0.39 is 0 Å². The van der Waals surface area contributed by atoms with E-state index in [-0.39, 0.29) is 0 Å². The van der Waals surface area contributed by atoms with Crippen molar-refractivity contribution in [1.29, 1.82) is 0 Å². The van der Waals surface area contributed by atoms with Gasteiger partial charge in [0.1, 0.15) is 0 Å². The van der Waals surface area contributed by atoms with Crippen LogP contribution in [0.3, 0.4) is 0 Å². The Balaban J connectivity index is 1.66. The fourth-order valence-corrected chi connectivity index (χ4v) is 1.99. The Hall–Kier alpha value is -1.20. The smallest absolute Gasteiger partial charge is 0.151 e. The van der Waals surface area contributed by atoms with Crippen molar-refractivity contribution in [2.45, 2.75) is 33.2 Å². The van der Waals surface area contributed by atoms with Crippen molar-refractivity contribution >= 4 is 5.82 Å². The molecule has 1 saturated carbocycles. The summed E-state index contributed by atoms with van der Waals surface area (Å²) in [6, 6.07) is 4.07. The van der Waals surface area contributed by atoms with E-state index in [1.165, 1.54) is 12.8 Å². The standard InChI is InChI=1S/C16H28N4O/c1-13(2)10-17-11-15-6-7-16(19-18-15)20(3)8-9-21-12-14-4-5-14/h6-7,13-14,17H,4-5,8-12H2,1-3H3. The second-order valence-corrected chi connectivity index (χ2v) is 6.35. The molecule has 21 heavy (non-hydrogen) atoms. The van der Waals surface area contributed by atoms with Crippen LogP contribution < -0.4 is 10.2 Å². The van der Waals surface area contributed by atoms with Gasteiger partial charge < -0.3 is 15.0 Å². The first kappa shape index (κ1) is 16.2. The summed E-state index contributed by atoms with van der Waals surface area (Å²) in [5.74, 6) is 2.38. The van der Waals surface area contributed by atoms with Gasteiger partial charge in [-0.05, 0) is 43.4 Å². The monoisotopic (exact) mass is 292 g/mol. The molecule has 1 aromatic heterocycles. The Kier molecular flexibility index (Phi) is 6.39. The predicted octanol–water partition coefficient (Wildman–Crippen LogP) is 2.08. The lowest BCUT2D eigenvalue weighted by atomic mass is 10.2. The number of nitrogens with one attached hydrogen (secondary N) is 1. The molecule has 0 amide bonds. The van der Waals surface area contributed by atoms with Gasteiger partial charge in [-0.2, -0.15) is 5.10 Å². The fourth-order valence-electron chi connectivity index (χ4n) is 1.99. The molecular formula is C16H28N4O. The van der Waals surface area contributed by atoms with Gasteiger partial charge in [0.15, 0.2) is 5.82 Å². The summed E-state index contributed by atoms with van der Waals surface area (Å²) in [4.78, 5) is 2.09. The molecule has 1 fully saturated rings. The van der Waals surface area contributed by atoms with E-state index in [1.54, 1.807) is 0 Å².